The van der Waals surface area contributed by atoms with Gasteiger partial charge in [-0.05, 0) is 36.4 Å². The summed E-state index contributed by atoms with van der Waals surface area (Å²) in [5.74, 6) is -0.476. The van der Waals surface area contributed by atoms with Gasteiger partial charge in [-0.15, -0.1) is 0 Å². The maximum absolute atomic E-state index is 12.5. The first-order chi connectivity index (χ1) is 14.4. The summed E-state index contributed by atoms with van der Waals surface area (Å²) in [4.78, 5) is 43.3. The highest BCUT2D eigenvalue weighted by molar-refractivity contribution is 6.30. The van der Waals surface area contributed by atoms with Crippen molar-refractivity contribution in [2.24, 2.45) is 7.05 Å². The van der Waals surface area contributed by atoms with Gasteiger partial charge in [0.1, 0.15) is 0 Å². The molecule has 1 fully saturated rings. The van der Waals surface area contributed by atoms with Crippen LogP contribution in [-0.2, 0) is 11.8 Å². The number of hydrogen-bond acceptors (Lipinski definition) is 4. The van der Waals surface area contributed by atoms with Gasteiger partial charge in [-0.1, -0.05) is 17.7 Å². The summed E-state index contributed by atoms with van der Waals surface area (Å²) in [5, 5.41) is 3.36. The standard InChI is InChI=1S/C21H22ClN5O3/c1-25-18-6-5-14(11-17(18)24-21(25)30)20(29)23-13-19(28)27-9-7-26(8-10-27)16-4-2-3-15(22)12-16/h2-6,11-12H,7-10,13H2,1H3,(H,23,29)(H,24,30). The Bertz CT molecular complexity index is 1160. The Morgan fingerprint density at radius 1 is 1.10 bits per heavy atom. The second kappa shape index (κ2) is 8.23. The van der Waals surface area contributed by atoms with Gasteiger partial charge >= 0.3 is 5.69 Å². The normalized spacial score (nSPS) is 14.2. The van der Waals surface area contributed by atoms with Gasteiger partial charge in [0, 0.05) is 49.5 Å². The third kappa shape index (κ3) is 4.04. The summed E-state index contributed by atoms with van der Waals surface area (Å²) < 4.78 is 1.48. The van der Waals surface area contributed by atoms with Crippen molar-refractivity contribution in [2.45, 2.75) is 0 Å². The Morgan fingerprint density at radius 3 is 2.60 bits per heavy atom. The minimum absolute atomic E-state index is 0.0701. The number of rotatable bonds is 4. The maximum atomic E-state index is 12.5. The molecule has 9 heteroatoms. The van der Waals surface area contributed by atoms with Crippen LogP contribution in [0.4, 0.5) is 5.69 Å². The lowest BCUT2D eigenvalue weighted by molar-refractivity contribution is -0.130. The quantitative estimate of drug-likeness (QED) is 0.661. The van der Waals surface area contributed by atoms with Crippen molar-refractivity contribution in [3.05, 3.63) is 63.5 Å². The van der Waals surface area contributed by atoms with Crippen LogP contribution in [0.2, 0.25) is 5.02 Å². The predicted molar refractivity (Wildman–Crippen MR) is 116 cm³/mol. The smallest absolute Gasteiger partial charge is 0.326 e. The van der Waals surface area contributed by atoms with Gasteiger partial charge in [-0.2, -0.15) is 0 Å². The average molecular weight is 428 g/mol. The summed E-state index contributed by atoms with van der Waals surface area (Å²) in [6.45, 7) is 2.51. The minimum Gasteiger partial charge on any atom is -0.368 e. The van der Waals surface area contributed by atoms with Crippen molar-refractivity contribution in [2.75, 3.05) is 37.6 Å². The van der Waals surface area contributed by atoms with E-state index in [-0.39, 0.29) is 24.0 Å². The zero-order valence-electron chi connectivity index (χ0n) is 16.5. The van der Waals surface area contributed by atoms with E-state index in [1.54, 1.807) is 30.1 Å². The number of piperazine rings is 1. The van der Waals surface area contributed by atoms with E-state index in [1.807, 2.05) is 24.3 Å². The van der Waals surface area contributed by atoms with E-state index in [2.05, 4.69) is 15.2 Å². The molecule has 0 radical (unpaired) electrons. The van der Waals surface area contributed by atoms with Gasteiger partial charge in [0.15, 0.2) is 0 Å². The molecule has 0 saturated carbocycles. The molecule has 2 aromatic carbocycles. The lowest BCUT2D eigenvalue weighted by atomic mass is 10.2. The van der Waals surface area contributed by atoms with E-state index in [9.17, 15) is 14.4 Å². The monoisotopic (exact) mass is 427 g/mol. The zero-order chi connectivity index (χ0) is 21.3. The molecule has 8 nitrogen and oxygen atoms in total. The fraction of sp³-hybridized carbons (Fsp3) is 0.286. The van der Waals surface area contributed by atoms with Crippen LogP contribution in [0.25, 0.3) is 11.0 Å². The van der Waals surface area contributed by atoms with Crippen LogP contribution < -0.4 is 15.9 Å². The fourth-order valence-electron chi connectivity index (χ4n) is 3.63. The molecule has 30 heavy (non-hydrogen) atoms. The number of H-pyrrole nitrogens is 1. The Kier molecular flexibility index (Phi) is 5.50. The molecule has 0 unspecified atom stereocenters. The van der Waals surface area contributed by atoms with Crippen molar-refractivity contribution in [3.63, 3.8) is 0 Å². The molecule has 3 aromatic rings. The summed E-state index contributed by atoms with van der Waals surface area (Å²) >= 11 is 6.06. The van der Waals surface area contributed by atoms with Gasteiger partial charge in [-0.3, -0.25) is 14.2 Å². The highest BCUT2D eigenvalue weighted by Gasteiger charge is 2.22. The molecule has 2 N–H and O–H groups in total. The number of amides is 2. The Labute approximate surface area is 178 Å². The molecule has 0 bridgehead atoms. The summed E-state index contributed by atoms with van der Waals surface area (Å²) in [5.41, 5.74) is 2.48. The number of hydrogen-bond donors (Lipinski definition) is 2. The number of nitrogens with one attached hydrogen (secondary N) is 2. The van der Waals surface area contributed by atoms with Crippen LogP contribution in [0.3, 0.4) is 0 Å². The van der Waals surface area contributed by atoms with E-state index in [0.717, 1.165) is 5.69 Å². The number of imidazole rings is 1. The molecule has 1 saturated heterocycles. The molecule has 1 aliphatic rings. The molecular formula is C21H22ClN5O3. The summed E-state index contributed by atoms with van der Waals surface area (Å²) in [6, 6.07) is 12.6. The first-order valence-corrected chi connectivity index (χ1v) is 10.1. The molecular weight excluding hydrogens is 406 g/mol. The van der Waals surface area contributed by atoms with Crippen LogP contribution in [0, 0.1) is 0 Å². The third-order valence-corrected chi connectivity index (χ3v) is 5.61. The van der Waals surface area contributed by atoms with Gasteiger partial charge in [-0.25, -0.2) is 4.79 Å². The SMILES string of the molecule is Cn1c(=O)[nH]c2cc(C(=O)NCC(=O)N3CCN(c4cccc(Cl)c4)CC3)ccc21. The van der Waals surface area contributed by atoms with Crippen molar-refractivity contribution >= 4 is 40.1 Å². The number of aromatic nitrogens is 2. The van der Waals surface area contributed by atoms with Crippen molar-refractivity contribution in [1.82, 2.24) is 19.8 Å². The third-order valence-electron chi connectivity index (χ3n) is 5.37. The van der Waals surface area contributed by atoms with Crippen LogP contribution in [0.5, 0.6) is 0 Å². The number of nitrogens with zero attached hydrogens (tertiary/aromatic N) is 3. The number of benzene rings is 2. The van der Waals surface area contributed by atoms with E-state index in [4.69, 9.17) is 11.6 Å². The van der Waals surface area contributed by atoms with Gasteiger partial charge in [0.25, 0.3) is 5.91 Å². The van der Waals surface area contributed by atoms with Crippen LogP contribution >= 0.6 is 11.6 Å². The first-order valence-electron chi connectivity index (χ1n) is 9.67. The highest BCUT2D eigenvalue weighted by Crippen LogP contribution is 2.20. The van der Waals surface area contributed by atoms with Crippen LogP contribution in [-0.4, -0.2) is 59.0 Å². The van der Waals surface area contributed by atoms with Crippen LogP contribution in [0.15, 0.2) is 47.3 Å². The molecule has 2 heterocycles. The number of aromatic amines is 1. The number of anilines is 1. The molecule has 0 spiro atoms. The molecule has 156 valence electrons. The zero-order valence-corrected chi connectivity index (χ0v) is 17.3. The summed E-state index contributed by atoms with van der Waals surface area (Å²) in [6.07, 6.45) is 0. The Hall–Kier alpha value is -3.26. The molecule has 0 aliphatic carbocycles. The first kappa shape index (κ1) is 20.0. The topological polar surface area (TPSA) is 90.4 Å². The Balaban J connectivity index is 1.31. The second-order valence-corrected chi connectivity index (χ2v) is 7.69. The predicted octanol–water partition coefficient (Wildman–Crippen LogP) is 1.60. The Morgan fingerprint density at radius 2 is 1.87 bits per heavy atom. The van der Waals surface area contributed by atoms with Crippen molar-refractivity contribution in [3.8, 4) is 0 Å². The molecule has 4 rings (SSSR count). The number of halogens is 1. The number of carbonyl (C=O) groups is 2. The molecule has 0 atom stereocenters. The van der Waals surface area contributed by atoms with Gasteiger partial charge in [0.05, 0.1) is 17.6 Å². The van der Waals surface area contributed by atoms with Crippen LogP contribution in [0.1, 0.15) is 10.4 Å². The van der Waals surface area contributed by atoms with E-state index in [0.29, 0.717) is 47.8 Å². The van der Waals surface area contributed by atoms with E-state index >= 15 is 0 Å². The lowest BCUT2D eigenvalue weighted by Crippen LogP contribution is -2.51. The second-order valence-electron chi connectivity index (χ2n) is 7.25. The molecule has 2 amide bonds. The number of aryl methyl sites for hydroxylation is 1. The molecule has 1 aromatic heterocycles. The maximum Gasteiger partial charge on any atom is 0.326 e. The van der Waals surface area contributed by atoms with Crippen molar-refractivity contribution < 1.29 is 9.59 Å². The van der Waals surface area contributed by atoms with Crippen molar-refractivity contribution in [1.29, 1.82) is 0 Å². The van der Waals surface area contributed by atoms with E-state index in [1.165, 1.54) is 4.57 Å². The highest BCUT2D eigenvalue weighted by atomic mass is 35.5. The lowest BCUT2D eigenvalue weighted by Gasteiger charge is -2.36. The number of carbonyl (C=O) groups excluding carboxylic acids is 2. The van der Waals surface area contributed by atoms with E-state index < -0.39 is 0 Å². The van der Waals surface area contributed by atoms with Gasteiger partial charge < -0.3 is 20.1 Å². The minimum atomic E-state index is -0.354. The van der Waals surface area contributed by atoms with Gasteiger partial charge in [0.2, 0.25) is 5.91 Å². The molecule has 1 aliphatic heterocycles. The summed E-state index contributed by atoms with van der Waals surface area (Å²) in [7, 11) is 1.66. The average Bonchev–Trinajstić information content (AvgIpc) is 3.05. The fourth-order valence-corrected chi connectivity index (χ4v) is 3.82. The number of fused-ring (bicyclic) bond motifs is 1. The largest absolute Gasteiger partial charge is 0.368 e.